The van der Waals surface area contributed by atoms with Crippen LogP contribution in [0.1, 0.15) is 13.8 Å². The summed E-state index contributed by atoms with van der Waals surface area (Å²) in [6.07, 6.45) is 4.07. The van der Waals surface area contributed by atoms with Crippen molar-refractivity contribution in [2.24, 2.45) is 0 Å². The Morgan fingerprint density at radius 3 is 1.93 bits per heavy atom. The summed E-state index contributed by atoms with van der Waals surface area (Å²) in [6, 6.07) is 12.3. The predicted molar refractivity (Wildman–Crippen MR) is 66.7 cm³/mol. The fourth-order valence-corrected chi connectivity index (χ4v) is 1.31. The molecule has 0 saturated carbocycles. The number of benzene rings is 1. The average molecular weight is 202 g/mol. The molecule has 0 amide bonds. The van der Waals surface area contributed by atoms with Crippen molar-refractivity contribution in [2.75, 3.05) is 12.4 Å². The van der Waals surface area contributed by atoms with Gasteiger partial charge in [0, 0.05) is 30.8 Å². The van der Waals surface area contributed by atoms with Crippen molar-refractivity contribution in [3.8, 4) is 5.69 Å². The van der Waals surface area contributed by atoms with E-state index >= 15 is 0 Å². The van der Waals surface area contributed by atoms with Crippen LogP contribution >= 0.6 is 0 Å². The maximum Gasteiger partial charge on any atom is 0.0450 e. The van der Waals surface area contributed by atoms with Gasteiger partial charge in [-0.05, 0) is 36.4 Å². The summed E-state index contributed by atoms with van der Waals surface area (Å²) in [7, 11) is 1.92. The van der Waals surface area contributed by atoms with E-state index in [2.05, 4.69) is 34.1 Å². The zero-order chi connectivity index (χ0) is 11.1. The number of nitrogens with zero attached hydrogens (tertiary/aromatic N) is 1. The Kier molecular flexibility index (Phi) is 4.48. The molecule has 1 aromatic heterocycles. The van der Waals surface area contributed by atoms with Crippen molar-refractivity contribution < 1.29 is 0 Å². The summed E-state index contributed by atoms with van der Waals surface area (Å²) in [5.74, 6) is 0. The molecule has 0 aliphatic heterocycles. The Morgan fingerprint density at radius 2 is 1.47 bits per heavy atom. The minimum absolute atomic E-state index is 1.14. The van der Waals surface area contributed by atoms with E-state index < -0.39 is 0 Å². The van der Waals surface area contributed by atoms with Gasteiger partial charge >= 0.3 is 0 Å². The first kappa shape index (κ1) is 11.4. The van der Waals surface area contributed by atoms with Gasteiger partial charge in [-0.1, -0.05) is 13.8 Å². The van der Waals surface area contributed by atoms with Gasteiger partial charge in [0.1, 0.15) is 0 Å². The Labute approximate surface area is 91.6 Å². The molecule has 0 atom stereocenters. The number of anilines is 1. The molecule has 1 heterocycles. The van der Waals surface area contributed by atoms with Crippen LogP contribution in [0, 0.1) is 0 Å². The maximum atomic E-state index is 3.09. The third kappa shape index (κ3) is 2.88. The lowest BCUT2D eigenvalue weighted by Gasteiger charge is -2.04. The number of nitrogens with one attached hydrogen (secondary N) is 1. The number of aromatic nitrogens is 1. The van der Waals surface area contributed by atoms with Crippen molar-refractivity contribution in [3.05, 3.63) is 48.8 Å². The van der Waals surface area contributed by atoms with Crippen LogP contribution in [0.4, 0.5) is 5.69 Å². The van der Waals surface area contributed by atoms with E-state index in [1.54, 1.807) is 0 Å². The monoisotopic (exact) mass is 202 g/mol. The van der Waals surface area contributed by atoms with Crippen LogP contribution in [-0.2, 0) is 0 Å². The zero-order valence-corrected chi connectivity index (χ0v) is 9.57. The summed E-state index contributed by atoms with van der Waals surface area (Å²) in [5.41, 5.74) is 2.32. The predicted octanol–water partition coefficient (Wildman–Crippen LogP) is 3.55. The third-order valence-corrected chi connectivity index (χ3v) is 2.06. The van der Waals surface area contributed by atoms with Crippen LogP contribution in [0.3, 0.4) is 0 Å². The van der Waals surface area contributed by atoms with Crippen LogP contribution in [-0.4, -0.2) is 11.6 Å². The second kappa shape index (κ2) is 5.91. The van der Waals surface area contributed by atoms with Gasteiger partial charge in [-0.25, -0.2) is 0 Å². The number of rotatable bonds is 2. The topological polar surface area (TPSA) is 17.0 Å². The van der Waals surface area contributed by atoms with Crippen LogP contribution in [0.2, 0.25) is 0 Å². The second-order valence-electron chi connectivity index (χ2n) is 2.89. The molecular formula is C13H18N2. The molecule has 1 aromatic carbocycles. The van der Waals surface area contributed by atoms with Crippen molar-refractivity contribution in [1.29, 1.82) is 0 Å². The Morgan fingerprint density at radius 1 is 0.933 bits per heavy atom. The van der Waals surface area contributed by atoms with Gasteiger partial charge in [0.15, 0.2) is 0 Å². The zero-order valence-electron chi connectivity index (χ0n) is 9.57. The molecule has 0 fully saturated rings. The maximum absolute atomic E-state index is 3.09. The van der Waals surface area contributed by atoms with Gasteiger partial charge in [0.05, 0.1) is 0 Å². The SMILES string of the molecule is CC.CNc1ccc(-n2cccc2)cc1. The van der Waals surface area contributed by atoms with Crippen LogP contribution in [0.15, 0.2) is 48.8 Å². The van der Waals surface area contributed by atoms with Gasteiger partial charge < -0.3 is 9.88 Å². The first-order chi connectivity index (χ1) is 7.40. The van der Waals surface area contributed by atoms with Crippen molar-refractivity contribution in [2.45, 2.75) is 13.8 Å². The highest BCUT2D eigenvalue weighted by atomic mass is 14.9. The van der Waals surface area contributed by atoms with E-state index in [0.717, 1.165) is 5.69 Å². The molecular weight excluding hydrogens is 184 g/mol. The van der Waals surface area contributed by atoms with E-state index in [1.807, 2.05) is 45.4 Å². The smallest absolute Gasteiger partial charge is 0.0450 e. The fourth-order valence-electron chi connectivity index (χ4n) is 1.31. The Balaban J connectivity index is 0.000000531. The van der Waals surface area contributed by atoms with Crippen molar-refractivity contribution >= 4 is 5.69 Å². The fraction of sp³-hybridized carbons (Fsp3) is 0.231. The summed E-state index contributed by atoms with van der Waals surface area (Å²) >= 11 is 0. The van der Waals surface area contributed by atoms with Gasteiger partial charge in [0.2, 0.25) is 0 Å². The first-order valence-electron chi connectivity index (χ1n) is 5.31. The number of hydrogen-bond acceptors (Lipinski definition) is 1. The van der Waals surface area contributed by atoms with Crippen LogP contribution < -0.4 is 5.32 Å². The minimum atomic E-state index is 1.14. The largest absolute Gasteiger partial charge is 0.388 e. The molecule has 0 radical (unpaired) electrons. The second-order valence-corrected chi connectivity index (χ2v) is 2.89. The average Bonchev–Trinajstić information content (AvgIpc) is 2.85. The van der Waals surface area contributed by atoms with Crippen LogP contribution in [0.25, 0.3) is 5.69 Å². The molecule has 2 aromatic rings. The lowest BCUT2D eigenvalue weighted by molar-refractivity contribution is 1.08. The van der Waals surface area contributed by atoms with Gasteiger partial charge in [-0.15, -0.1) is 0 Å². The highest BCUT2D eigenvalue weighted by Crippen LogP contribution is 2.12. The normalized spacial score (nSPS) is 9.00. The highest BCUT2D eigenvalue weighted by molar-refractivity contribution is 5.48. The summed E-state index contributed by atoms with van der Waals surface area (Å²) in [4.78, 5) is 0. The molecule has 2 heteroatoms. The summed E-state index contributed by atoms with van der Waals surface area (Å²) < 4.78 is 2.08. The molecule has 0 saturated heterocycles. The molecule has 0 aliphatic carbocycles. The van der Waals surface area contributed by atoms with Gasteiger partial charge in [-0.3, -0.25) is 0 Å². The molecule has 0 spiro atoms. The van der Waals surface area contributed by atoms with E-state index in [0.29, 0.717) is 0 Å². The Hall–Kier alpha value is -1.70. The lowest BCUT2D eigenvalue weighted by atomic mass is 10.3. The molecule has 0 aliphatic rings. The molecule has 1 N–H and O–H groups in total. The van der Waals surface area contributed by atoms with E-state index in [-0.39, 0.29) is 0 Å². The molecule has 0 bridgehead atoms. The number of hydrogen-bond donors (Lipinski definition) is 1. The third-order valence-electron chi connectivity index (χ3n) is 2.06. The highest BCUT2D eigenvalue weighted by Gasteiger charge is 1.93. The quantitative estimate of drug-likeness (QED) is 0.788. The van der Waals surface area contributed by atoms with Gasteiger partial charge in [-0.2, -0.15) is 0 Å². The van der Waals surface area contributed by atoms with Crippen LogP contribution in [0.5, 0.6) is 0 Å². The minimum Gasteiger partial charge on any atom is -0.388 e. The van der Waals surface area contributed by atoms with E-state index in [9.17, 15) is 0 Å². The molecule has 15 heavy (non-hydrogen) atoms. The van der Waals surface area contributed by atoms with Crippen molar-refractivity contribution in [1.82, 2.24) is 4.57 Å². The standard InChI is InChI=1S/C11H12N2.C2H6/c1-12-10-4-6-11(7-5-10)13-8-2-3-9-13;1-2/h2-9,12H,1H3;1-2H3. The molecule has 0 unspecified atom stereocenters. The molecule has 80 valence electrons. The van der Waals surface area contributed by atoms with Crippen molar-refractivity contribution in [3.63, 3.8) is 0 Å². The molecule has 2 rings (SSSR count). The molecule has 2 nitrogen and oxygen atoms in total. The van der Waals surface area contributed by atoms with E-state index in [4.69, 9.17) is 0 Å². The van der Waals surface area contributed by atoms with E-state index in [1.165, 1.54) is 5.69 Å². The first-order valence-corrected chi connectivity index (χ1v) is 5.31. The lowest BCUT2D eigenvalue weighted by Crippen LogP contribution is -1.91. The Bertz CT molecular complexity index is 360. The van der Waals surface area contributed by atoms with Gasteiger partial charge in [0.25, 0.3) is 0 Å². The summed E-state index contributed by atoms with van der Waals surface area (Å²) in [5, 5.41) is 3.09. The summed E-state index contributed by atoms with van der Waals surface area (Å²) in [6.45, 7) is 4.00.